The van der Waals surface area contributed by atoms with Gasteiger partial charge in [0.05, 0.1) is 0 Å². The SMILES string of the molecule is C=CC(=O)O[C@@H]1C=C[C@H]2[C@H]3CC[C@@H](C3)[C@H]21. The molecule has 3 aliphatic carbocycles. The number of carbonyl (C=O) groups is 1. The molecule has 0 heterocycles. The smallest absolute Gasteiger partial charge is 0.330 e. The number of rotatable bonds is 2. The van der Waals surface area contributed by atoms with E-state index in [1.807, 2.05) is 0 Å². The van der Waals surface area contributed by atoms with Gasteiger partial charge in [-0.3, -0.25) is 0 Å². The minimum absolute atomic E-state index is 0.0239. The molecule has 2 heteroatoms. The number of ether oxygens (including phenoxy) is 1. The Bertz CT molecular complexity index is 331. The predicted molar refractivity (Wildman–Crippen MR) is 57.0 cm³/mol. The van der Waals surface area contributed by atoms with E-state index in [9.17, 15) is 4.79 Å². The summed E-state index contributed by atoms with van der Waals surface area (Å²) < 4.78 is 5.38. The number of fused-ring (bicyclic) bond motifs is 5. The second kappa shape index (κ2) is 3.22. The second-order valence-corrected chi connectivity index (χ2v) is 4.98. The van der Waals surface area contributed by atoms with Crippen LogP contribution in [0.4, 0.5) is 0 Å². The molecule has 80 valence electrons. The number of esters is 1. The normalized spacial score (nSPS) is 45.5. The molecule has 0 amide bonds. The molecule has 15 heavy (non-hydrogen) atoms. The van der Waals surface area contributed by atoms with Gasteiger partial charge < -0.3 is 4.74 Å². The topological polar surface area (TPSA) is 26.3 Å². The minimum Gasteiger partial charge on any atom is -0.455 e. The molecule has 0 saturated heterocycles. The van der Waals surface area contributed by atoms with Crippen molar-refractivity contribution in [3.8, 4) is 0 Å². The van der Waals surface area contributed by atoms with E-state index >= 15 is 0 Å². The maximum Gasteiger partial charge on any atom is 0.330 e. The number of hydrogen-bond donors (Lipinski definition) is 0. The summed E-state index contributed by atoms with van der Waals surface area (Å²) in [5.74, 6) is 2.63. The molecule has 3 rings (SSSR count). The van der Waals surface area contributed by atoms with Crippen molar-refractivity contribution in [2.24, 2.45) is 23.7 Å². The molecule has 0 aromatic carbocycles. The molecule has 0 aromatic heterocycles. The molecule has 3 aliphatic rings. The highest BCUT2D eigenvalue weighted by atomic mass is 16.5. The van der Waals surface area contributed by atoms with E-state index < -0.39 is 0 Å². The van der Waals surface area contributed by atoms with Crippen LogP contribution in [-0.2, 0) is 9.53 Å². The Morgan fingerprint density at radius 3 is 2.93 bits per heavy atom. The van der Waals surface area contributed by atoms with Crippen LogP contribution in [0, 0.1) is 23.7 Å². The first-order valence-electron chi connectivity index (χ1n) is 5.81. The maximum absolute atomic E-state index is 11.2. The lowest BCUT2D eigenvalue weighted by Gasteiger charge is -2.28. The monoisotopic (exact) mass is 204 g/mol. The van der Waals surface area contributed by atoms with Gasteiger partial charge in [0.15, 0.2) is 0 Å². The molecule has 0 spiro atoms. The summed E-state index contributed by atoms with van der Waals surface area (Å²) in [7, 11) is 0. The first kappa shape index (κ1) is 9.20. The zero-order valence-corrected chi connectivity index (χ0v) is 8.76. The first-order chi connectivity index (χ1) is 7.29. The summed E-state index contributed by atoms with van der Waals surface area (Å²) in [5, 5.41) is 0. The van der Waals surface area contributed by atoms with Crippen molar-refractivity contribution < 1.29 is 9.53 Å². The third-order valence-corrected chi connectivity index (χ3v) is 4.37. The van der Waals surface area contributed by atoms with E-state index in [0.717, 1.165) is 11.8 Å². The van der Waals surface area contributed by atoms with E-state index in [4.69, 9.17) is 4.74 Å². The van der Waals surface area contributed by atoms with Crippen molar-refractivity contribution in [2.75, 3.05) is 0 Å². The number of carbonyl (C=O) groups excluding carboxylic acids is 1. The summed E-state index contributed by atoms with van der Waals surface area (Å²) in [4.78, 5) is 11.2. The Kier molecular flexibility index (Phi) is 1.98. The number of allylic oxidation sites excluding steroid dienone is 1. The Balaban J connectivity index is 1.75. The highest BCUT2D eigenvalue weighted by Gasteiger charge is 2.52. The largest absolute Gasteiger partial charge is 0.455 e. The maximum atomic E-state index is 11.2. The average molecular weight is 204 g/mol. The van der Waals surface area contributed by atoms with Gasteiger partial charge in [0.1, 0.15) is 6.10 Å². The fourth-order valence-electron chi connectivity index (χ4n) is 3.82. The lowest BCUT2D eigenvalue weighted by Crippen LogP contribution is -2.29. The van der Waals surface area contributed by atoms with Gasteiger partial charge in [-0.2, -0.15) is 0 Å². The van der Waals surface area contributed by atoms with Crippen molar-refractivity contribution >= 4 is 5.97 Å². The van der Waals surface area contributed by atoms with Gasteiger partial charge in [0.25, 0.3) is 0 Å². The standard InChI is InChI=1S/C13H16O2/c1-2-12(14)15-11-6-5-10-8-3-4-9(7-8)13(10)11/h2,5-6,8-11,13H,1,3-4,7H2/t8-,9-,10-,11+,13+/m0/s1. The van der Waals surface area contributed by atoms with Crippen LogP contribution in [0.15, 0.2) is 24.8 Å². The van der Waals surface area contributed by atoms with Crippen LogP contribution in [-0.4, -0.2) is 12.1 Å². The lowest BCUT2D eigenvalue weighted by atomic mass is 9.80. The van der Waals surface area contributed by atoms with Gasteiger partial charge >= 0.3 is 5.97 Å². The molecule has 5 atom stereocenters. The molecular formula is C13H16O2. The van der Waals surface area contributed by atoms with Crippen molar-refractivity contribution in [3.05, 3.63) is 24.8 Å². The fraction of sp³-hybridized carbons (Fsp3) is 0.615. The third-order valence-electron chi connectivity index (χ3n) is 4.37. The summed E-state index contributed by atoms with van der Waals surface area (Å²) in [6, 6.07) is 0. The predicted octanol–water partition coefficient (Wildman–Crippen LogP) is 2.32. The van der Waals surface area contributed by atoms with Crippen molar-refractivity contribution in [2.45, 2.75) is 25.4 Å². The number of hydrogen-bond acceptors (Lipinski definition) is 2. The Morgan fingerprint density at radius 2 is 2.13 bits per heavy atom. The van der Waals surface area contributed by atoms with Crippen LogP contribution < -0.4 is 0 Å². The highest BCUT2D eigenvalue weighted by Crippen LogP contribution is 2.56. The molecule has 0 unspecified atom stereocenters. The molecule has 2 fully saturated rings. The highest BCUT2D eigenvalue weighted by molar-refractivity contribution is 5.81. The van der Waals surface area contributed by atoms with E-state index in [0.29, 0.717) is 11.8 Å². The van der Waals surface area contributed by atoms with Gasteiger partial charge in [-0.15, -0.1) is 0 Å². The van der Waals surface area contributed by atoms with Crippen LogP contribution >= 0.6 is 0 Å². The summed E-state index contributed by atoms with van der Waals surface area (Å²) in [5.41, 5.74) is 0. The second-order valence-electron chi connectivity index (χ2n) is 4.98. The van der Waals surface area contributed by atoms with Crippen LogP contribution in [0.3, 0.4) is 0 Å². The Hall–Kier alpha value is -1.05. The van der Waals surface area contributed by atoms with Crippen LogP contribution in [0.1, 0.15) is 19.3 Å². The fourth-order valence-corrected chi connectivity index (χ4v) is 3.82. The Labute approximate surface area is 90.0 Å². The summed E-state index contributed by atoms with van der Waals surface area (Å²) in [6.07, 6.45) is 9.69. The van der Waals surface area contributed by atoms with E-state index in [1.54, 1.807) is 0 Å². The third kappa shape index (κ3) is 1.27. The molecule has 2 bridgehead atoms. The van der Waals surface area contributed by atoms with Gasteiger partial charge in [0.2, 0.25) is 0 Å². The van der Waals surface area contributed by atoms with E-state index in [-0.39, 0.29) is 12.1 Å². The van der Waals surface area contributed by atoms with Gasteiger partial charge in [-0.25, -0.2) is 4.79 Å². The first-order valence-corrected chi connectivity index (χ1v) is 5.81. The molecule has 0 N–H and O–H groups in total. The molecule has 0 radical (unpaired) electrons. The zero-order chi connectivity index (χ0) is 10.4. The van der Waals surface area contributed by atoms with Crippen molar-refractivity contribution in [3.63, 3.8) is 0 Å². The van der Waals surface area contributed by atoms with Gasteiger partial charge in [-0.1, -0.05) is 12.7 Å². The van der Waals surface area contributed by atoms with Crippen LogP contribution in [0.25, 0.3) is 0 Å². The van der Waals surface area contributed by atoms with Crippen LogP contribution in [0.5, 0.6) is 0 Å². The molecule has 0 aromatic rings. The summed E-state index contributed by atoms with van der Waals surface area (Å²) >= 11 is 0. The van der Waals surface area contributed by atoms with Crippen molar-refractivity contribution in [1.82, 2.24) is 0 Å². The molecular weight excluding hydrogens is 188 g/mol. The summed E-state index contributed by atoms with van der Waals surface area (Å²) in [6.45, 7) is 3.44. The Morgan fingerprint density at radius 1 is 1.33 bits per heavy atom. The lowest BCUT2D eigenvalue weighted by molar-refractivity contribution is -0.143. The molecule has 2 saturated carbocycles. The molecule has 0 aliphatic heterocycles. The van der Waals surface area contributed by atoms with E-state index in [2.05, 4.69) is 18.7 Å². The quantitative estimate of drug-likeness (QED) is 0.392. The average Bonchev–Trinajstić information content (AvgIpc) is 2.89. The molecule has 2 nitrogen and oxygen atoms in total. The zero-order valence-electron chi connectivity index (χ0n) is 8.76. The van der Waals surface area contributed by atoms with Crippen LogP contribution in [0.2, 0.25) is 0 Å². The van der Waals surface area contributed by atoms with Gasteiger partial charge in [0, 0.05) is 12.0 Å². The van der Waals surface area contributed by atoms with E-state index in [1.165, 1.54) is 25.3 Å². The van der Waals surface area contributed by atoms with Crippen molar-refractivity contribution in [1.29, 1.82) is 0 Å². The minimum atomic E-state index is -0.284. The van der Waals surface area contributed by atoms with Gasteiger partial charge in [-0.05, 0) is 43.1 Å².